The molecule has 4 heterocycles. The lowest BCUT2D eigenvalue weighted by atomic mass is 10.1. The average Bonchev–Trinajstić information content (AvgIpc) is 1.61. The summed E-state index contributed by atoms with van der Waals surface area (Å²) in [6.45, 7) is 42.2. The van der Waals surface area contributed by atoms with Gasteiger partial charge in [-0.3, -0.25) is 24.1 Å². The molecule has 2 aliphatic heterocycles. The maximum Gasteiger partial charge on any atom is 0.407 e. The van der Waals surface area contributed by atoms with E-state index in [1.807, 2.05) is 83.1 Å². The molecule has 644 valence electrons. The van der Waals surface area contributed by atoms with Gasteiger partial charge in [-0.1, -0.05) is 174 Å². The van der Waals surface area contributed by atoms with Crippen LogP contribution in [0.3, 0.4) is 0 Å². The Hall–Kier alpha value is -13.4. The molecule has 0 saturated carbocycles. The Morgan fingerprint density at radius 2 is 1.11 bits per heavy atom. The van der Waals surface area contributed by atoms with Gasteiger partial charge in [0.15, 0.2) is 12.2 Å². The molecule has 4 aliphatic rings. The number of rotatable bonds is 16. The molecule has 1 fully saturated rings. The Bertz CT molecular complexity index is 4740. The van der Waals surface area contributed by atoms with E-state index in [0.717, 1.165) is 66.8 Å². The second kappa shape index (κ2) is 85.5. The lowest BCUT2D eigenvalue weighted by molar-refractivity contribution is -0.137. The number of nitrogens with one attached hydrogen (secondary N) is 1. The minimum absolute atomic E-state index is 0. The smallest absolute Gasteiger partial charge is 0.407 e. The van der Waals surface area contributed by atoms with Crippen LogP contribution in [0.25, 0.3) is 33.2 Å². The molecule has 24 nitrogen and oxygen atoms in total. The number of hydrogen-bond acceptors (Lipinski definition) is 20. The van der Waals surface area contributed by atoms with E-state index in [1.165, 1.54) is 42.1 Å². The summed E-state index contributed by atoms with van der Waals surface area (Å²) < 4.78 is 14.6. The number of aryl methyl sites for hydroxylation is 1. The molecule has 3 amide bonds. The van der Waals surface area contributed by atoms with Crippen molar-refractivity contribution in [2.45, 2.75) is 190 Å². The first-order valence-corrected chi connectivity index (χ1v) is 41.9. The average molecular weight is 1690 g/mol. The highest BCUT2D eigenvalue weighted by atomic mass is 32.1. The number of hydrogen-bond donors (Lipinski definition) is 5. The Kier molecular flexibility index (Phi) is 83.8. The largest absolute Gasteiger partial charge is 0.481 e. The summed E-state index contributed by atoms with van der Waals surface area (Å²) in [4.78, 5) is 56.0. The van der Waals surface area contributed by atoms with Crippen LogP contribution in [-0.2, 0) is 46.2 Å². The molecule has 4 aromatic rings. The zero-order valence-corrected chi connectivity index (χ0v) is 75.8. The van der Waals surface area contributed by atoms with Gasteiger partial charge in [0.05, 0.1) is 72.8 Å². The van der Waals surface area contributed by atoms with Gasteiger partial charge in [-0.2, -0.15) is 12.6 Å². The SMILES string of the molecule is C.C#CCC#CC.CC#CCC(=O)O.CC#CCC(C)=O.CC#CCC1C(C)=C1[Si](C)(C)C.CC#CCC1COC1.CC#CCN.CC#CCN1C(=O)C=CC1=O.CC#CCN=[N+]=[N-].CC#CCNC(=O)OCC1C=C1C.CC#CCOCN.CC#CCS.CC#CCc1ccc(-c2nnc(C)nn2)cc1.CC#CCc1ccc(-c2nncnn2)cc1. The summed E-state index contributed by atoms with van der Waals surface area (Å²) in [5.74, 6) is 76.5. The van der Waals surface area contributed by atoms with Gasteiger partial charge < -0.3 is 36.1 Å². The summed E-state index contributed by atoms with van der Waals surface area (Å²) in [5.41, 5.74) is 24.7. The molecule has 26 heteroatoms. The monoisotopic (exact) mass is 1690 g/mol. The molecule has 2 unspecified atom stereocenters. The maximum absolute atomic E-state index is 10.9. The third-order valence-electron chi connectivity index (χ3n) is 14.0. The van der Waals surface area contributed by atoms with Gasteiger partial charge in [-0.15, -0.1) is 136 Å². The highest BCUT2D eigenvalue weighted by Gasteiger charge is 2.40. The first-order valence-electron chi connectivity index (χ1n) is 37.8. The van der Waals surface area contributed by atoms with E-state index in [0.29, 0.717) is 68.3 Å². The molecule has 122 heavy (non-hydrogen) atoms. The lowest BCUT2D eigenvalue weighted by Crippen LogP contribution is -2.30. The predicted octanol–water partition coefficient (Wildman–Crippen LogP) is 14.1. The van der Waals surface area contributed by atoms with Crippen LogP contribution in [0.15, 0.2) is 94.5 Å². The van der Waals surface area contributed by atoms with Crippen molar-refractivity contribution in [1.29, 1.82) is 0 Å². The molecule has 0 spiro atoms. The number of carboxylic acid groups (broad SMARTS) is 1. The molecule has 2 aromatic carbocycles. The topological polar surface area (TPSA) is 352 Å². The number of nitrogens with zero attached hydrogens (tertiary/aromatic N) is 12. The van der Waals surface area contributed by atoms with Gasteiger partial charge >= 0.3 is 12.1 Å². The Morgan fingerprint density at radius 1 is 0.639 bits per heavy atom. The Morgan fingerprint density at radius 3 is 1.45 bits per heavy atom. The molecule has 1 saturated heterocycles. The van der Waals surface area contributed by atoms with Gasteiger partial charge in [0.1, 0.15) is 25.4 Å². The summed E-state index contributed by atoms with van der Waals surface area (Å²) >= 11 is 3.83. The fourth-order valence-electron chi connectivity index (χ4n) is 7.89. The molecule has 0 radical (unpaired) electrons. The molecule has 2 aliphatic carbocycles. The number of carboxylic acids is 1. The second-order valence-corrected chi connectivity index (χ2v) is 29.7. The fraction of sp³-hybridized carbons (Fsp3) is 0.427. The standard InChI is InChI=1S/C13H12N4.C12H10N4.C11H18Si.C10H13NO2.C8H7NO2.C7H10O.C6H8O.C6H6.C5H9NO.C5H6O2.C4H5N3.C4H7N.C4H6S.CH4/c1-3-4-5-11-6-8-12(9-7-11)13-16-14-10(2)15-17-13;1-2-3-4-10-5-7-11(8-6-10)12-15-13-9-14-16-12;1-6-7-8-10-9(2)11(10)12(3,4)5;1-3-4-5-11-10(12)13-7-9-6-8(9)2;1-2-3-6-9-7(10)4-5-8(9)11;1-2-3-4-7-5-8-6-7;1-3-4-5-6(2)7;1-3-5-6-4-2;1-2-3-4-7-5-6;1-2-3-4-5(6)7;1-2-3-4-6-7-5;2*1-2-3-4-5;/h6-9H,5H2,1-2H3;5-9H,4H2,1H3;10H,8H2,1-5H3;6,9H,5,7H2,1-2H3,(H,11,12);4-5H,6H2,1H3;7H,4-6H2,1H3;5H2,1-2H3;1H,5H2,2H3;4-6H2,1H3;4H2,1H3,(H,6,7);4H2,1H3;4-5H2,1H3;5H,4H2,1H3;1H4. The minimum Gasteiger partial charge on any atom is -0.481 e. The van der Waals surface area contributed by atoms with Gasteiger partial charge in [-0.25, -0.2) is 4.79 Å². The van der Waals surface area contributed by atoms with E-state index in [-0.39, 0.29) is 51.3 Å². The summed E-state index contributed by atoms with van der Waals surface area (Å²) in [7, 11) is -0.988. The van der Waals surface area contributed by atoms with Crippen LogP contribution in [0, 0.1) is 191 Å². The number of amides is 3. The number of carbonyl (C=O) groups is 5. The number of benzene rings is 2. The zero-order chi connectivity index (χ0) is 92.0. The third kappa shape index (κ3) is 74.2. The quantitative estimate of drug-likeness (QED) is 0.00664. The fourth-order valence-corrected chi connectivity index (χ4v) is 10.7. The molecular formula is C96H121N15O9SSi. The number of alkyl carbamates (subject to hydrolysis) is 1. The highest BCUT2D eigenvalue weighted by Crippen LogP contribution is 2.46. The number of aliphatic carboxylic acids is 1. The van der Waals surface area contributed by atoms with Crippen LogP contribution in [0.2, 0.25) is 19.6 Å². The molecule has 8 rings (SSSR count). The van der Waals surface area contributed by atoms with Crippen LogP contribution < -0.4 is 16.8 Å². The van der Waals surface area contributed by atoms with Crippen LogP contribution in [0.5, 0.6) is 0 Å². The lowest BCUT2D eigenvalue weighted by Gasteiger charge is -2.23. The van der Waals surface area contributed by atoms with Crippen LogP contribution in [0.4, 0.5) is 4.79 Å². The van der Waals surface area contributed by atoms with Crippen molar-refractivity contribution in [2.24, 2.45) is 34.3 Å². The minimum atomic E-state index is -0.988. The van der Waals surface area contributed by atoms with E-state index in [2.05, 4.69) is 266 Å². The molecule has 0 bridgehead atoms. The van der Waals surface area contributed by atoms with E-state index in [1.54, 1.807) is 80.0 Å². The molecule has 6 N–H and O–H groups in total. The maximum atomic E-state index is 10.9. The number of nitrogens with two attached hydrogens (primary N) is 2. The van der Waals surface area contributed by atoms with Gasteiger partial charge in [-0.05, 0) is 134 Å². The van der Waals surface area contributed by atoms with Crippen LogP contribution in [-0.4, -0.2) is 154 Å². The van der Waals surface area contributed by atoms with Crippen molar-refractivity contribution in [3.05, 3.63) is 117 Å². The Labute approximate surface area is 735 Å². The number of ketones is 1. The summed E-state index contributed by atoms with van der Waals surface area (Å²) in [6, 6.07) is 15.9. The summed E-state index contributed by atoms with van der Waals surface area (Å²) in [6.07, 6.45) is 14.9. The van der Waals surface area contributed by atoms with Gasteiger partial charge in [0, 0.05) is 71.6 Å². The number of ether oxygens (including phenoxy) is 3. The Balaban J connectivity index is -0.000000304. The number of imide groups is 1. The van der Waals surface area contributed by atoms with E-state index >= 15 is 0 Å². The van der Waals surface area contributed by atoms with Crippen molar-refractivity contribution in [3.63, 3.8) is 0 Å². The van der Waals surface area contributed by atoms with Crippen molar-refractivity contribution in [2.75, 3.05) is 65.1 Å². The molecule has 2 aromatic heterocycles. The zero-order valence-electron chi connectivity index (χ0n) is 73.9. The van der Waals surface area contributed by atoms with E-state index in [4.69, 9.17) is 38.0 Å². The number of azide groups is 1. The van der Waals surface area contributed by atoms with Crippen LogP contribution >= 0.6 is 12.6 Å². The third-order valence-corrected chi connectivity index (χ3v) is 16.5. The number of allylic oxidation sites excluding steroid dienone is 2. The normalized spacial score (nSPS) is 11.3. The number of aromatic nitrogens is 8. The van der Waals surface area contributed by atoms with E-state index in [9.17, 15) is 24.0 Å². The number of carbonyl (C=O) groups excluding carboxylic acids is 4. The van der Waals surface area contributed by atoms with Gasteiger partial charge in [0.25, 0.3) is 11.8 Å². The van der Waals surface area contributed by atoms with Crippen molar-refractivity contribution in [1.82, 2.24) is 51.0 Å². The van der Waals surface area contributed by atoms with Crippen molar-refractivity contribution < 1.29 is 43.3 Å². The number of terminal acetylenes is 1. The van der Waals surface area contributed by atoms with E-state index < -0.39 is 20.1 Å². The van der Waals surface area contributed by atoms with Crippen LogP contribution in [0.1, 0.15) is 167 Å². The molecular weight excluding hydrogens is 1570 g/mol. The number of Topliss-reactive ketones (excluding diaryl/α,β-unsaturated/α-hetero) is 1. The summed E-state index contributed by atoms with van der Waals surface area (Å²) in [5, 5.41) is 46.3. The van der Waals surface area contributed by atoms with Crippen molar-refractivity contribution in [3.8, 4) is 189 Å². The van der Waals surface area contributed by atoms with Gasteiger partial charge in [0.2, 0.25) is 11.6 Å². The molecule has 2 atom stereocenters. The van der Waals surface area contributed by atoms with Crippen molar-refractivity contribution >= 4 is 50.4 Å². The first-order chi connectivity index (χ1) is 58.2. The predicted molar refractivity (Wildman–Crippen MR) is 498 cm³/mol. The number of thiol groups is 1. The first kappa shape index (κ1) is 119. The second-order valence-electron chi connectivity index (χ2n) is 24.3. The highest BCUT2D eigenvalue weighted by molar-refractivity contribution is 7.80.